The largest absolute Gasteiger partial charge is 0.451 e. The number of guanidine groups is 1. The molecule has 0 radical (unpaired) electrons. The van der Waals surface area contributed by atoms with Crippen molar-refractivity contribution in [3.8, 4) is 11.5 Å². The lowest BCUT2D eigenvalue weighted by molar-refractivity contribution is -0.131. The second-order valence-electron chi connectivity index (χ2n) is 6.60. The van der Waals surface area contributed by atoms with Gasteiger partial charge in [0.1, 0.15) is 11.8 Å². The number of sulfonamides is 1. The summed E-state index contributed by atoms with van der Waals surface area (Å²) in [5.74, 6) is -4.22. The SMILES string of the molecule is CN=C(N)NCCC[C@@H](NS(=O)(=O)c1cc(F)c(Oc2ccc(Cl)cc2)c(F)c1)C(=O)NO. The van der Waals surface area contributed by atoms with Crippen molar-refractivity contribution in [2.45, 2.75) is 23.8 Å². The first kappa shape index (κ1) is 26.3. The number of carbonyl (C=O) groups excluding carboxylic acids is 1. The smallest absolute Gasteiger partial charge is 0.261 e. The van der Waals surface area contributed by atoms with Crippen LogP contribution in [0.3, 0.4) is 0 Å². The van der Waals surface area contributed by atoms with Crippen molar-refractivity contribution in [2.75, 3.05) is 13.6 Å². The predicted octanol–water partition coefficient (Wildman–Crippen LogP) is 1.88. The fourth-order valence-electron chi connectivity index (χ4n) is 2.59. The van der Waals surface area contributed by atoms with Gasteiger partial charge in [0.15, 0.2) is 23.3 Å². The second-order valence-corrected chi connectivity index (χ2v) is 8.75. The van der Waals surface area contributed by atoms with E-state index in [4.69, 9.17) is 27.3 Å². The van der Waals surface area contributed by atoms with Gasteiger partial charge in [-0.25, -0.2) is 22.7 Å². The van der Waals surface area contributed by atoms with E-state index in [2.05, 4.69) is 10.3 Å². The maximum absolute atomic E-state index is 14.5. The number of carbonyl (C=O) groups is 1. The number of hydrogen-bond acceptors (Lipinski definition) is 6. The fourth-order valence-corrected chi connectivity index (χ4v) is 3.97. The minimum Gasteiger partial charge on any atom is -0.451 e. The zero-order valence-electron chi connectivity index (χ0n) is 17.3. The number of rotatable bonds is 10. The van der Waals surface area contributed by atoms with Gasteiger partial charge in [-0.1, -0.05) is 11.6 Å². The molecule has 2 rings (SSSR count). The minimum atomic E-state index is -4.56. The molecule has 2 aromatic carbocycles. The van der Waals surface area contributed by atoms with Crippen molar-refractivity contribution in [3.63, 3.8) is 0 Å². The van der Waals surface area contributed by atoms with E-state index in [1.54, 1.807) is 0 Å². The topological polar surface area (TPSA) is 155 Å². The standard InChI is InChI=1S/C19H22ClF2N5O5S/c1-24-19(23)25-8-2-3-16(18(28)26-29)27-33(30,31)13-9-14(21)17(15(22)10-13)32-12-6-4-11(20)5-7-12/h4-7,9-10,16,27,29H,2-3,8H2,1H3,(H,26,28)(H3,23,24,25)/t16-/m1/s1. The van der Waals surface area contributed by atoms with Crippen LogP contribution in [0.2, 0.25) is 5.02 Å². The molecule has 1 amide bonds. The third-order valence-electron chi connectivity index (χ3n) is 4.26. The molecule has 6 N–H and O–H groups in total. The van der Waals surface area contributed by atoms with Crippen molar-refractivity contribution in [1.29, 1.82) is 0 Å². The zero-order chi connectivity index (χ0) is 24.6. The van der Waals surface area contributed by atoms with E-state index >= 15 is 0 Å². The molecule has 0 heterocycles. The third kappa shape index (κ3) is 7.53. The summed E-state index contributed by atoms with van der Waals surface area (Å²) in [6.45, 7) is 0.250. The lowest BCUT2D eigenvalue weighted by Gasteiger charge is -2.17. The Morgan fingerprint density at radius 1 is 1.24 bits per heavy atom. The molecule has 0 fully saturated rings. The number of halogens is 3. The molecule has 2 aromatic rings. The number of nitrogens with zero attached hydrogens (tertiary/aromatic N) is 1. The number of hydroxylamine groups is 1. The van der Waals surface area contributed by atoms with Crippen LogP contribution in [0.4, 0.5) is 8.78 Å². The molecule has 0 saturated heterocycles. The van der Waals surface area contributed by atoms with Gasteiger partial charge in [-0.3, -0.25) is 15.0 Å². The normalized spacial score (nSPS) is 12.8. The van der Waals surface area contributed by atoms with E-state index in [1.165, 1.54) is 36.8 Å². The molecule has 180 valence electrons. The number of nitrogens with one attached hydrogen (secondary N) is 3. The molecule has 0 saturated carbocycles. The molecule has 14 heteroatoms. The van der Waals surface area contributed by atoms with Crippen LogP contribution in [-0.4, -0.2) is 45.1 Å². The van der Waals surface area contributed by atoms with Crippen molar-refractivity contribution in [2.24, 2.45) is 10.7 Å². The maximum Gasteiger partial charge on any atom is 0.261 e. The van der Waals surface area contributed by atoms with Gasteiger partial charge in [0.25, 0.3) is 5.91 Å². The number of ether oxygens (including phenoxy) is 1. The molecule has 0 spiro atoms. The van der Waals surface area contributed by atoms with Gasteiger partial charge in [-0.15, -0.1) is 0 Å². The lowest BCUT2D eigenvalue weighted by Crippen LogP contribution is -2.46. The van der Waals surface area contributed by atoms with Gasteiger partial charge >= 0.3 is 0 Å². The van der Waals surface area contributed by atoms with E-state index in [0.717, 1.165) is 0 Å². The maximum atomic E-state index is 14.5. The molecule has 0 aliphatic rings. The van der Waals surface area contributed by atoms with Crippen LogP contribution < -0.4 is 26.0 Å². The summed E-state index contributed by atoms with van der Waals surface area (Å²) in [5.41, 5.74) is 6.82. The summed E-state index contributed by atoms with van der Waals surface area (Å²) in [6.07, 6.45) is 0.172. The Labute approximate surface area is 193 Å². The molecule has 0 aliphatic carbocycles. The van der Waals surface area contributed by atoms with E-state index in [-0.39, 0.29) is 31.1 Å². The summed E-state index contributed by atoms with van der Waals surface area (Å²) in [4.78, 5) is 14.8. The van der Waals surface area contributed by atoms with Gasteiger partial charge in [-0.05, 0) is 49.2 Å². The van der Waals surface area contributed by atoms with Crippen LogP contribution in [-0.2, 0) is 14.8 Å². The highest BCUT2D eigenvalue weighted by atomic mass is 35.5. The first-order valence-corrected chi connectivity index (χ1v) is 11.3. The predicted molar refractivity (Wildman–Crippen MR) is 117 cm³/mol. The highest BCUT2D eigenvalue weighted by Crippen LogP contribution is 2.30. The summed E-state index contributed by atoms with van der Waals surface area (Å²) < 4.78 is 61.4. The van der Waals surface area contributed by atoms with Crippen LogP contribution >= 0.6 is 11.6 Å². The van der Waals surface area contributed by atoms with Gasteiger partial charge in [-0.2, -0.15) is 4.72 Å². The lowest BCUT2D eigenvalue weighted by atomic mass is 10.1. The second kappa shape index (κ2) is 11.7. The van der Waals surface area contributed by atoms with Crippen molar-refractivity contribution in [1.82, 2.24) is 15.5 Å². The molecule has 0 bridgehead atoms. The van der Waals surface area contributed by atoms with Crippen LogP contribution in [0.25, 0.3) is 0 Å². The molecule has 1 atom stereocenters. The Kier molecular flexibility index (Phi) is 9.34. The summed E-state index contributed by atoms with van der Waals surface area (Å²) in [6, 6.07) is 5.30. The first-order chi connectivity index (χ1) is 15.6. The van der Waals surface area contributed by atoms with Gasteiger partial charge in [0.05, 0.1) is 4.90 Å². The third-order valence-corrected chi connectivity index (χ3v) is 5.96. The van der Waals surface area contributed by atoms with E-state index < -0.39 is 44.3 Å². The number of aliphatic imine (C=N–C) groups is 1. The van der Waals surface area contributed by atoms with Crippen LogP contribution in [0, 0.1) is 11.6 Å². The summed E-state index contributed by atoms with van der Waals surface area (Å²) >= 11 is 5.75. The number of hydrogen-bond donors (Lipinski definition) is 5. The van der Waals surface area contributed by atoms with Crippen LogP contribution in [0.5, 0.6) is 11.5 Å². The van der Waals surface area contributed by atoms with Gasteiger partial charge in [0.2, 0.25) is 10.0 Å². The minimum absolute atomic E-state index is 0.0711. The number of nitrogens with two attached hydrogens (primary N) is 1. The Hall–Kier alpha value is -3.00. The molecule has 0 aliphatic heterocycles. The Morgan fingerprint density at radius 3 is 2.39 bits per heavy atom. The highest BCUT2D eigenvalue weighted by Gasteiger charge is 2.27. The molecular formula is C19H22ClF2N5O5S. The van der Waals surface area contributed by atoms with E-state index in [1.807, 2.05) is 4.72 Å². The number of amides is 1. The van der Waals surface area contributed by atoms with Crippen molar-refractivity contribution >= 4 is 33.5 Å². The first-order valence-electron chi connectivity index (χ1n) is 9.42. The fraction of sp³-hybridized carbons (Fsp3) is 0.263. The molecule has 0 unspecified atom stereocenters. The van der Waals surface area contributed by atoms with E-state index in [0.29, 0.717) is 17.2 Å². The highest BCUT2D eigenvalue weighted by molar-refractivity contribution is 7.89. The van der Waals surface area contributed by atoms with Crippen LogP contribution in [0.1, 0.15) is 12.8 Å². The van der Waals surface area contributed by atoms with E-state index in [9.17, 15) is 22.0 Å². The van der Waals surface area contributed by atoms with Crippen LogP contribution in [0.15, 0.2) is 46.3 Å². The average Bonchev–Trinajstić information content (AvgIpc) is 2.78. The number of benzene rings is 2. The Balaban J connectivity index is 2.18. The Morgan fingerprint density at radius 2 is 1.85 bits per heavy atom. The van der Waals surface area contributed by atoms with Crippen molar-refractivity contribution < 1.29 is 31.9 Å². The summed E-state index contributed by atoms with van der Waals surface area (Å²) in [7, 11) is -3.10. The average molecular weight is 506 g/mol. The quantitative estimate of drug-likeness (QED) is 0.108. The molecule has 10 nitrogen and oxygen atoms in total. The molecule has 33 heavy (non-hydrogen) atoms. The zero-order valence-corrected chi connectivity index (χ0v) is 18.9. The van der Waals surface area contributed by atoms with Crippen molar-refractivity contribution in [3.05, 3.63) is 53.1 Å². The molecular weight excluding hydrogens is 484 g/mol. The monoisotopic (exact) mass is 505 g/mol. The Bertz CT molecular complexity index is 1090. The van der Waals surface area contributed by atoms with Gasteiger partial charge < -0.3 is 15.8 Å². The van der Waals surface area contributed by atoms with Gasteiger partial charge in [0, 0.05) is 18.6 Å². The summed E-state index contributed by atoms with van der Waals surface area (Å²) in [5, 5.41) is 12.0. The molecule has 0 aromatic heterocycles.